The van der Waals surface area contributed by atoms with E-state index in [4.69, 9.17) is 16.3 Å². The molecule has 0 fully saturated rings. The van der Waals surface area contributed by atoms with Gasteiger partial charge in [-0.05, 0) is 30.7 Å². The molecule has 116 valence electrons. The Morgan fingerprint density at radius 3 is 2.64 bits per heavy atom. The number of rotatable bonds is 5. The number of halogens is 1. The van der Waals surface area contributed by atoms with Gasteiger partial charge in [0.05, 0.1) is 12.3 Å². The molecule has 0 aliphatic rings. The van der Waals surface area contributed by atoms with Gasteiger partial charge in [-0.25, -0.2) is 4.79 Å². The van der Waals surface area contributed by atoms with E-state index >= 15 is 0 Å². The Balaban J connectivity index is 2.06. The fraction of sp³-hybridized carbons (Fsp3) is 0.235. The van der Waals surface area contributed by atoms with E-state index < -0.39 is 0 Å². The van der Waals surface area contributed by atoms with E-state index in [9.17, 15) is 4.79 Å². The van der Waals surface area contributed by atoms with Crippen LogP contribution in [-0.2, 0) is 6.54 Å². The number of hydrogen-bond donors (Lipinski definition) is 1. The second-order valence-electron chi connectivity index (χ2n) is 4.85. The molecule has 2 rings (SSSR count). The van der Waals surface area contributed by atoms with Gasteiger partial charge < -0.3 is 15.0 Å². The highest BCUT2D eigenvalue weighted by Crippen LogP contribution is 2.28. The maximum Gasteiger partial charge on any atom is 0.321 e. The SMILES string of the molecule is CCOc1ccc(Cl)cc1NC(=O)N(C)Cc1ccccc1. The molecule has 0 spiro atoms. The van der Waals surface area contributed by atoms with Crippen molar-refractivity contribution < 1.29 is 9.53 Å². The Kier molecular flexibility index (Phi) is 5.67. The van der Waals surface area contributed by atoms with Crippen molar-refractivity contribution in [3.63, 3.8) is 0 Å². The molecule has 0 saturated carbocycles. The second kappa shape index (κ2) is 7.71. The third-order valence-electron chi connectivity index (χ3n) is 3.09. The van der Waals surface area contributed by atoms with Crippen LogP contribution < -0.4 is 10.1 Å². The number of benzene rings is 2. The summed E-state index contributed by atoms with van der Waals surface area (Å²) >= 11 is 5.99. The minimum atomic E-state index is -0.216. The first-order valence-electron chi connectivity index (χ1n) is 7.08. The molecule has 0 atom stereocenters. The van der Waals surface area contributed by atoms with Crippen LogP contribution in [0, 0.1) is 0 Å². The van der Waals surface area contributed by atoms with Gasteiger partial charge in [-0.1, -0.05) is 41.9 Å². The van der Waals surface area contributed by atoms with Crippen LogP contribution in [0.5, 0.6) is 5.75 Å². The number of nitrogens with one attached hydrogen (secondary N) is 1. The van der Waals surface area contributed by atoms with Crippen LogP contribution in [-0.4, -0.2) is 24.6 Å². The van der Waals surface area contributed by atoms with Gasteiger partial charge in [0, 0.05) is 18.6 Å². The third-order valence-corrected chi connectivity index (χ3v) is 3.33. The number of amides is 2. The van der Waals surface area contributed by atoms with Crippen LogP contribution in [0.15, 0.2) is 48.5 Å². The summed E-state index contributed by atoms with van der Waals surface area (Å²) in [5.41, 5.74) is 1.63. The summed E-state index contributed by atoms with van der Waals surface area (Å²) in [4.78, 5) is 13.9. The van der Waals surface area contributed by atoms with Crippen molar-refractivity contribution in [1.82, 2.24) is 4.90 Å². The average molecular weight is 319 g/mol. The first-order chi connectivity index (χ1) is 10.6. The van der Waals surface area contributed by atoms with Crippen molar-refractivity contribution in [3.05, 3.63) is 59.1 Å². The number of urea groups is 1. The van der Waals surface area contributed by atoms with Gasteiger partial charge in [0.25, 0.3) is 0 Å². The van der Waals surface area contributed by atoms with Crippen molar-refractivity contribution in [3.8, 4) is 5.75 Å². The van der Waals surface area contributed by atoms with Gasteiger partial charge in [-0.15, -0.1) is 0 Å². The van der Waals surface area contributed by atoms with Crippen LogP contribution in [0.1, 0.15) is 12.5 Å². The molecule has 2 aromatic rings. The Bertz CT molecular complexity index is 632. The average Bonchev–Trinajstić information content (AvgIpc) is 2.51. The topological polar surface area (TPSA) is 41.6 Å². The van der Waals surface area contributed by atoms with Crippen LogP contribution in [0.3, 0.4) is 0 Å². The predicted octanol–water partition coefficient (Wildman–Crippen LogP) is 4.40. The van der Waals surface area contributed by atoms with Crippen molar-refractivity contribution in [2.75, 3.05) is 19.0 Å². The van der Waals surface area contributed by atoms with Gasteiger partial charge >= 0.3 is 6.03 Å². The summed E-state index contributed by atoms with van der Waals surface area (Å²) in [5, 5.41) is 3.38. The molecule has 0 bridgehead atoms. The summed E-state index contributed by atoms with van der Waals surface area (Å²) in [6.07, 6.45) is 0. The number of ether oxygens (including phenoxy) is 1. The molecule has 0 radical (unpaired) electrons. The molecule has 0 unspecified atom stereocenters. The normalized spacial score (nSPS) is 10.1. The fourth-order valence-electron chi connectivity index (χ4n) is 2.02. The Morgan fingerprint density at radius 2 is 1.95 bits per heavy atom. The number of carbonyl (C=O) groups is 1. The highest BCUT2D eigenvalue weighted by Gasteiger charge is 2.12. The third kappa shape index (κ3) is 4.40. The first-order valence-corrected chi connectivity index (χ1v) is 7.46. The molecule has 4 nitrogen and oxygen atoms in total. The van der Waals surface area contributed by atoms with Crippen molar-refractivity contribution in [2.45, 2.75) is 13.5 Å². The highest BCUT2D eigenvalue weighted by atomic mass is 35.5. The van der Waals surface area contributed by atoms with Crippen molar-refractivity contribution >= 4 is 23.3 Å². The number of carbonyl (C=O) groups excluding carboxylic acids is 1. The standard InChI is InChI=1S/C17H19ClN2O2/c1-3-22-16-10-9-14(18)11-15(16)19-17(21)20(2)12-13-7-5-4-6-8-13/h4-11H,3,12H2,1-2H3,(H,19,21). The molecule has 2 aromatic carbocycles. The van der Waals surface area contributed by atoms with Crippen molar-refractivity contribution in [2.24, 2.45) is 0 Å². The largest absolute Gasteiger partial charge is 0.492 e. The van der Waals surface area contributed by atoms with Gasteiger partial charge in [0.15, 0.2) is 0 Å². The second-order valence-corrected chi connectivity index (χ2v) is 5.28. The molecular formula is C17H19ClN2O2. The molecule has 2 amide bonds. The first kappa shape index (κ1) is 16.2. The monoisotopic (exact) mass is 318 g/mol. The maximum absolute atomic E-state index is 12.3. The minimum absolute atomic E-state index is 0.216. The lowest BCUT2D eigenvalue weighted by Crippen LogP contribution is -2.31. The predicted molar refractivity (Wildman–Crippen MR) is 89.5 cm³/mol. The summed E-state index contributed by atoms with van der Waals surface area (Å²) in [5.74, 6) is 0.605. The molecular weight excluding hydrogens is 300 g/mol. The molecule has 0 aromatic heterocycles. The van der Waals surface area contributed by atoms with E-state index in [1.807, 2.05) is 37.3 Å². The minimum Gasteiger partial charge on any atom is -0.492 e. The van der Waals surface area contributed by atoms with E-state index in [2.05, 4.69) is 5.32 Å². The highest BCUT2D eigenvalue weighted by molar-refractivity contribution is 6.31. The zero-order valence-electron chi connectivity index (χ0n) is 12.7. The molecule has 1 N–H and O–H groups in total. The van der Waals surface area contributed by atoms with E-state index in [-0.39, 0.29) is 6.03 Å². The van der Waals surface area contributed by atoms with Gasteiger partial charge in [0.1, 0.15) is 5.75 Å². The van der Waals surface area contributed by atoms with E-state index in [0.717, 1.165) is 5.56 Å². The zero-order valence-corrected chi connectivity index (χ0v) is 13.4. The van der Waals surface area contributed by atoms with Crippen LogP contribution in [0.2, 0.25) is 5.02 Å². The van der Waals surface area contributed by atoms with E-state index in [1.165, 1.54) is 0 Å². The van der Waals surface area contributed by atoms with Gasteiger partial charge in [-0.2, -0.15) is 0 Å². The van der Waals surface area contributed by atoms with Crippen LogP contribution >= 0.6 is 11.6 Å². The summed E-state index contributed by atoms with van der Waals surface area (Å²) in [7, 11) is 1.74. The number of anilines is 1. The molecule has 0 heterocycles. The van der Waals surface area contributed by atoms with Crippen molar-refractivity contribution in [1.29, 1.82) is 0 Å². The van der Waals surface area contributed by atoms with E-state index in [1.54, 1.807) is 30.1 Å². The Hall–Kier alpha value is -2.20. The Morgan fingerprint density at radius 1 is 1.23 bits per heavy atom. The van der Waals surface area contributed by atoms with Gasteiger partial charge in [-0.3, -0.25) is 0 Å². The lowest BCUT2D eigenvalue weighted by atomic mass is 10.2. The maximum atomic E-state index is 12.3. The number of nitrogens with zero attached hydrogens (tertiary/aromatic N) is 1. The quantitative estimate of drug-likeness (QED) is 0.887. The molecule has 5 heteroatoms. The molecule has 0 saturated heterocycles. The van der Waals surface area contributed by atoms with Crippen LogP contribution in [0.4, 0.5) is 10.5 Å². The summed E-state index contributed by atoms with van der Waals surface area (Å²) in [6, 6.07) is 14.8. The zero-order chi connectivity index (χ0) is 15.9. The lowest BCUT2D eigenvalue weighted by molar-refractivity contribution is 0.220. The summed E-state index contributed by atoms with van der Waals surface area (Å²) in [6.45, 7) is 2.93. The van der Waals surface area contributed by atoms with Gasteiger partial charge in [0.2, 0.25) is 0 Å². The summed E-state index contributed by atoms with van der Waals surface area (Å²) < 4.78 is 5.50. The van der Waals surface area contributed by atoms with Crippen LogP contribution in [0.25, 0.3) is 0 Å². The fourth-order valence-corrected chi connectivity index (χ4v) is 2.19. The smallest absolute Gasteiger partial charge is 0.321 e. The van der Waals surface area contributed by atoms with E-state index in [0.29, 0.717) is 29.6 Å². The molecule has 0 aliphatic carbocycles. The Labute approximate surface area is 135 Å². The number of hydrogen-bond acceptors (Lipinski definition) is 2. The molecule has 22 heavy (non-hydrogen) atoms. The lowest BCUT2D eigenvalue weighted by Gasteiger charge is -2.19. The molecule has 0 aliphatic heterocycles.